The molecule has 2 heterocycles. The van der Waals surface area contributed by atoms with E-state index in [1.165, 1.54) is 58.4 Å². The number of hydrogen-bond acceptors (Lipinski definition) is 3. The van der Waals surface area contributed by atoms with E-state index in [2.05, 4.69) is 42.8 Å². The summed E-state index contributed by atoms with van der Waals surface area (Å²) in [5.41, 5.74) is 0.238. The van der Waals surface area contributed by atoms with Crippen LogP contribution in [-0.4, -0.2) is 60.6 Å². The highest BCUT2D eigenvalue weighted by atomic mass is 15.2. The van der Waals surface area contributed by atoms with Gasteiger partial charge in [0.25, 0.3) is 0 Å². The zero-order chi connectivity index (χ0) is 14.6. The van der Waals surface area contributed by atoms with Crippen LogP contribution in [0.1, 0.15) is 53.4 Å². The molecule has 0 aliphatic carbocycles. The fourth-order valence-electron chi connectivity index (χ4n) is 3.49. The highest BCUT2D eigenvalue weighted by Gasteiger charge is 2.25. The van der Waals surface area contributed by atoms with Gasteiger partial charge >= 0.3 is 0 Å². The summed E-state index contributed by atoms with van der Waals surface area (Å²) in [6.07, 6.45) is 5.65. The standard InChI is InChI=1S/C17H35N3/c1-15(13-18-17(2,3)4)20-11-7-16(8-12-20)14-19-9-5-6-10-19/h15-16,18H,5-14H2,1-4H3. The van der Waals surface area contributed by atoms with Crippen molar-refractivity contribution in [3.8, 4) is 0 Å². The molecule has 0 amide bonds. The molecule has 1 unspecified atom stereocenters. The van der Waals surface area contributed by atoms with E-state index in [0.29, 0.717) is 6.04 Å². The smallest absolute Gasteiger partial charge is 0.0192 e. The Morgan fingerprint density at radius 2 is 1.65 bits per heavy atom. The zero-order valence-electron chi connectivity index (χ0n) is 14.1. The van der Waals surface area contributed by atoms with Gasteiger partial charge in [-0.25, -0.2) is 0 Å². The molecule has 1 N–H and O–H groups in total. The predicted octanol–water partition coefficient (Wildman–Crippen LogP) is 2.57. The summed E-state index contributed by atoms with van der Waals surface area (Å²) in [5.74, 6) is 0.951. The maximum atomic E-state index is 3.64. The molecule has 0 aromatic heterocycles. The molecule has 2 saturated heterocycles. The van der Waals surface area contributed by atoms with Crippen molar-refractivity contribution >= 4 is 0 Å². The van der Waals surface area contributed by atoms with Crippen molar-refractivity contribution in [2.45, 2.75) is 65.0 Å². The van der Waals surface area contributed by atoms with Crippen molar-refractivity contribution < 1.29 is 0 Å². The first-order valence-electron chi connectivity index (χ1n) is 8.65. The molecule has 0 aromatic rings. The van der Waals surface area contributed by atoms with E-state index in [4.69, 9.17) is 0 Å². The first kappa shape index (κ1) is 16.3. The third kappa shape index (κ3) is 5.34. The van der Waals surface area contributed by atoms with E-state index in [9.17, 15) is 0 Å². The number of nitrogens with zero attached hydrogens (tertiary/aromatic N) is 2. The van der Waals surface area contributed by atoms with E-state index >= 15 is 0 Å². The minimum atomic E-state index is 0.238. The van der Waals surface area contributed by atoms with Crippen LogP contribution in [0.2, 0.25) is 0 Å². The highest BCUT2D eigenvalue weighted by molar-refractivity contribution is 4.82. The Hall–Kier alpha value is -0.120. The molecule has 0 radical (unpaired) electrons. The molecule has 3 heteroatoms. The van der Waals surface area contributed by atoms with E-state index in [1.807, 2.05) is 0 Å². The lowest BCUT2D eigenvalue weighted by Gasteiger charge is -2.38. The van der Waals surface area contributed by atoms with Gasteiger partial charge in [-0.2, -0.15) is 0 Å². The molecular formula is C17H35N3. The lowest BCUT2D eigenvalue weighted by atomic mass is 9.95. The summed E-state index contributed by atoms with van der Waals surface area (Å²) in [5, 5.41) is 3.64. The SMILES string of the molecule is CC(CNC(C)(C)C)N1CCC(CN2CCCC2)CC1. The number of likely N-dealkylation sites (tertiary alicyclic amines) is 2. The van der Waals surface area contributed by atoms with Crippen molar-refractivity contribution in [3.63, 3.8) is 0 Å². The van der Waals surface area contributed by atoms with Crippen LogP contribution in [0.3, 0.4) is 0 Å². The Labute approximate surface area is 126 Å². The minimum absolute atomic E-state index is 0.238. The summed E-state index contributed by atoms with van der Waals surface area (Å²) >= 11 is 0. The molecule has 2 aliphatic heterocycles. The van der Waals surface area contributed by atoms with Crippen LogP contribution in [0.25, 0.3) is 0 Å². The maximum Gasteiger partial charge on any atom is 0.0192 e. The van der Waals surface area contributed by atoms with Crippen LogP contribution in [0, 0.1) is 5.92 Å². The second kappa shape index (κ2) is 7.24. The topological polar surface area (TPSA) is 18.5 Å². The molecule has 3 nitrogen and oxygen atoms in total. The monoisotopic (exact) mass is 281 g/mol. The first-order valence-corrected chi connectivity index (χ1v) is 8.65. The van der Waals surface area contributed by atoms with E-state index in [0.717, 1.165) is 12.5 Å². The Kier molecular flexibility index (Phi) is 5.88. The molecular weight excluding hydrogens is 246 g/mol. The van der Waals surface area contributed by atoms with E-state index in [-0.39, 0.29) is 5.54 Å². The Morgan fingerprint density at radius 1 is 1.05 bits per heavy atom. The van der Waals surface area contributed by atoms with Gasteiger partial charge in [0.05, 0.1) is 0 Å². The van der Waals surface area contributed by atoms with Gasteiger partial charge in [0.1, 0.15) is 0 Å². The highest BCUT2D eigenvalue weighted by Crippen LogP contribution is 2.21. The van der Waals surface area contributed by atoms with Gasteiger partial charge in [-0.3, -0.25) is 4.90 Å². The van der Waals surface area contributed by atoms with Crippen LogP contribution < -0.4 is 5.32 Å². The molecule has 2 aliphatic rings. The van der Waals surface area contributed by atoms with Crippen LogP contribution in [0.4, 0.5) is 0 Å². The summed E-state index contributed by atoms with van der Waals surface area (Å²) < 4.78 is 0. The van der Waals surface area contributed by atoms with Crippen molar-refractivity contribution in [2.24, 2.45) is 5.92 Å². The van der Waals surface area contributed by atoms with Crippen LogP contribution >= 0.6 is 0 Å². The van der Waals surface area contributed by atoms with Gasteiger partial charge in [-0.05, 0) is 85.5 Å². The normalized spacial score (nSPS) is 25.2. The Balaban J connectivity index is 1.65. The average Bonchev–Trinajstić information content (AvgIpc) is 2.89. The third-order valence-corrected chi connectivity index (χ3v) is 4.92. The summed E-state index contributed by atoms with van der Waals surface area (Å²) in [6.45, 7) is 16.9. The van der Waals surface area contributed by atoms with E-state index in [1.54, 1.807) is 0 Å². The fourth-order valence-corrected chi connectivity index (χ4v) is 3.49. The third-order valence-electron chi connectivity index (χ3n) is 4.92. The molecule has 0 bridgehead atoms. The van der Waals surface area contributed by atoms with Gasteiger partial charge in [0, 0.05) is 24.7 Å². The summed E-state index contributed by atoms with van der Waals surface area (Å²) in [4.78, 5) is 5.37. The van der Waals surface area contributed by atoms with Crippen molar-refractivity contribution in [3.05, 3.63) is 0 Å². The first-order chi connectivity index (χ1) is 9.44. The van der Waals surface area contributed by atoms with Crippen molar-refractivity contribution in [2.75, 3.05) is 39.3 Å². The number of piperidine rings is 1. The molecule has 118 valence electrons. The second-order valence-electron chi connectivity index (χ2n) is 7.97. The lowest BCUT2D eigenvalue weighted by molar-refractivity contribution is 0.117. The fraction of sp³-hybridized carbons (Fsp3) is 1.00. The van der Waals surface area contributed by atoms with Crippen LogP contribution in [-0.2, 0) is 0 Å². The summed E-state index contributed by atoms with van der Waals surface area (Å²) in [6, 6.07) is 0.668. The molecule has 20 heavy (non-hydrogen) atoms. The quantitative estimate of drug-likeness (QED) is 0.835. The average molecular weight is 281 g/mol. The number of hydrogen-bond donors (Lipinski definition) is 1. The predicted molar refractivity (Wildman–Crippen MR) is 87.2 cm³/mol. The van der Waals surface area contributed by atoms with Gasteiger partial charge in [0.2, 0.25) is 0 Å². The molecule has 2 rings (SSSR count). The molecule has 0 spiro atoms. The molecule has 0 aromatic carbocycles. The van der Waals surface area contributed by atoms with E-state index < -0.39 is 0 Å². The van der Waals surface area contributed by atoms with Gasteiger partial charge in [-0.1, -0.05) is 0 Å². The minimum Gasteiger partial charge on any atom is -0.311 e. The van der Waals surface area contributed by atoms with Crippen LogP contribution in [0.5, 0.6) is 0 Å². The zero-order valence-corrected chi connectivity index (χ0v) is 14.1. The number of nitrogens with one attached hydrogen (secondary N) is 1. The van der Waals surface area contributed by atoms with Crippen molar-refractivity contribution in [1.29, 1.82) is 0 Å². The van der Waals surface area contributed by atoms with Gasteiger partial charge < -0.3 is 10.2 Å². The molecule has 1 atom stereocenters. The van der Waals surface area contributed by atoms with Gasteiger partial charge in [-0.15, -0.1) is 0 Å². The Morgan fingerprint density at radius 3 is 2.20 bits per heavy atom. The van der Waals surface area contributed by atoms with Crippen molar-refractivity contribution in [1.82, 2.24) is 15.1 Å². The Bertz CT molecular complexity index is 270. The summed E-state index contributed by atoms with van der Waals surface area (Å²) in [7, 11) is 0. The molecule has 0 saturated carbocycles. The van der Waals surface area contributed by atoms with Gasteiger partial charge in [0.15, 0.2) is 0 Å². The molecule has 2 fully saturated rings. The maximum absolute atomic E-state index is 3.64. The lowest BCUT2D eigenvalue weighted by Crippen LogP contribution is -2.49. The largest absolute Gasteiger partial charge is 0.311 e. The number of rotatable bonds is 5. The second-order valence-corrected chi connectivity index (χ2v) is 7.97. The van der Waals surface area contributed by atoms with Crippen LogP contribution in [0.15, 0.2) is 0 Å².